The first-order chi connectivity index (χ1) is 8.15. The number of carbonyl (C=O) groups is 1. The minimum Gasteiger partial charge on any atom is -0.325 e. The van der Waals surface area contributed by atoms with Crippen molar-refractivity contribution in [2.75, 3.05) is 5.32 Å². The molecule has 2 aromatic heterocycles. The Morgan fingerprint density at radius 3 is 2.88 bits per heavy atom. The molecule has 17 heavy (non-hydrogen) atoms. The van der Waals surface area contributed by atoms with E-state index in [4.69, 9.17) is 11.6 Å². The monoisotopic (exact) mass is 251 g/mol. The summed E-state index contributed by atoms with van der Waals surface area (Å²) in [6.07, 6.45) is 3.63. The highest BCUT2D eigenvalue weighted by Crippen LogP contribution is 2.06. The number of hydrogen-bond acceptors (Lipinski definition) is 5. The molecule has 0 saturated heterocycles. The smallest absolute Gasteiger partial charge is 0.276 e. The van der Waals surface area contributed by atoms with Gasteiger partial charge in [-0.3, -0.25) is 9.59 Å². The minimum atomic E-state index is -0.504. The Labute approximate surface area is 99.9 Å². The van der Waals surface area contributed by atoms with E-state index in [1.807, 2.05) is 0 Å². The molecule has 0 atom stereocenters. The SMILES string of the molecule is O=C(Nc1ccnc(Cl)n1)c1c[nH]c(=O)cn1. The number of halogens is 1. The Hall–Kier alpha value is -2.28. The fraction of sp³-hybridized carbons (Fsp3) is 0. The van der Waals surface area contributed by atoms with Crippen molar-refractivity contribution >= 4 is 23.3 Å². The zero-order valence-electron chi connectivity index (χ0n) is 8.35. The number of carbonyl (C=O) groups excluding carboxylic acids is 1. The van der Waals surface area contributed by atoms with Gasteiger partial charge in [0.25, 0.3) is 11.5 Å². The van der Waals surface area contributed by atoms with E-state index < -0.39 is 5.91 Å². The summed E-state index contributed by atoms with van der Waals surface area (Å²) >= 11 is 5.56. The third-order valence-electron chi connectivity index (χ3n) is 1.77. The van der Waals surface area contributed by atoms with Crippen molar-refractivity contribution in [3.63, 3.8) is 0 Å². The Morgan fingerprint density at radius 2 is 2.24 bits per heavy atom. The lowest BCUT2D eigenvalue weighted by Crippen LogP contribution is -2.17. The Kier molecular flexibility index (Phi) is 3.10. The topological polar surface area (TPSA) is 101 Å². The summed E-state index contributed by atoms with van der Waals surface area (Å²) in [4.78, 5) is 35.9. The largest absolute Gasteiger partial charge is 0.325 e. The molecule has 0 aliphatic heterocycles. The molecule has 0 unspecified atom stereocenters. The van der Waals surface area contributed by atoms with Gasteiger partial charge in [-0.15, -0.1) is 0 Å². The van der Waals surface area contributed by atoms with Gasteiger partial charge in [-0.2, -0.15) is 0 Å². The Balaban J connectivity index is 2.17. The van der Waals surface area contributed by atoms with Crippen molar-refractivity contribution in [2.24, 2.45) is 0 Å². The molecule has 0 aromatic carbocycles. The third kappa shape index (κ3) is 2.85. The maximum atomic E-state index is 11.6. The molecule has 86 valence electrons. The van der Waals surface area contributed by atoms with Gasteiger partial charge < -0.3 is 10.3 Å². The van der Waals surface area contributed by atoms with Crippen LogP contribution in [0.4, 0.5) is 5.82 Å². The third-order valence-corrected chi connectivity index (χ3v) is 1.95. The maximum absolute atomic E-state index is 11.6. The van der Waals surface area contributed by atoms with Gasteiger partial charge in [-0.1, -0.05) is 0 Å². The van der Waals surface area contributed by atoms with E-state index in [2.05, 4.69) is 25.3 Å². The highest BCUT2D eigenvalue weighted by atomic mass is 35.5. The molecule has 7 nitrogen and oxygen atoms in total. The molecule has 2 N–H and O–H groups in total. The van der Waals surface area contributed by atoms with Crippen molar-refractivity contribution in [1.29, 1.82) is 0 Å². The van der Waals surface area contributed by atoms with Gasteiger partial charge >= 0.3 is 0 Å². The molecule has 2 rings (SSSR count). The second-order valence-electron chi connectivity index (χ2n) is 2.96. The molecular formula is C9H6ClN5O2. The number of rotatable bonds is 2. The van der Waals surface area contributed by atoms with Crippen LogP contribution in [0.25, 0.3) is 0 Å². The number of nitrogens with zero attached hydrogens (tertiary/aromatic N) is 3. The number of aromatic nitrogens is 4. The van der Waals surface area contributed by atoms with Crippen molar-refractivity contribution in [1.82, 2.24) is 19.9 Å². The van der Waals surface area contributed by atoms with E-state index in [1.165, 1.54) is 18.5 Å². The molecule has 8 heteroatoms. The van der Waals surface area contributed by atoms with Crippen LogP contribution in [0.15, 0.2) is 29.5 Å². The normalized spacial score (nSPS) is 9.94. The summed E-state index contributed by atoms with van der Waals surface area (Å²) in [5, 5.41) is 2.48. The van der Waals surface area contributed by atoms with Gasteiger partial charge in [0.15, 0.2) is 0 Å². The fourth-order valence-corrected chi connectivity index (χ4v) is 1.20. The van der Waals surface area contributed by atoms with Crippen molar-refractivity contribution < 1.29 is 4.79 Å². The number of nitrogens with one attached hydrogen (secondary N) is 2. The molecular weight excluding hydrogens is 246 g/mol. The quantitative estimate of drug-likeness (QED) is 0.756. The average molecular weight is 252 g/mol. The summed E-state index contributed by atoms with van der Waals surface area (Å²) in [6, 6.07) is 1.48. The van der Waals surface area contributed by atoms with Crippen LogP contribution in [-0.2, 0) is 0 Å². The number of aromatic amines is 1. The van der Waals surface area contributed by atoms with Crippen molar-refractivity contribution in [3.05, 3.63) is 46.0 Å². The first-order valence-electron chi connectivity index (χ1n) is 4.50. The molecule has 0 saturated carbocycles. The summed E-state index contributed by atoms with van der Waals surface area (Å²) in [5.74, 6) is -0.251. The summed E-state index contributed by atoms with van der Waals surface area (Å²) in [6.45, 7) is 0. The molecule has 2 aromatic rings. The van der Waals surface area contributed by atoms with E-state index >= 15 is 0 Å². The number of amides is 1. The molecule has 0 bridgehead atoms. The van der Waals surface area contributed by atoms with Gasteiger partial charge in [0, 0.05) is 12.4 Å². The lowest BCUT2D eigenvalue weighted by Gasteiger charge is -2.02. The summed E-state index contributed by atoms with van der Waals surface area (Å²) in [5.41, 5.74) is -0.314. The first-order valence-corrected chi connectivity index (χ1v) is 4.87. The van der Waals surface area contributed by atoms with Crippen LogP contribution in [0.2, 0.25) is 5.28 Å². The van der Waals surface area contributed by atoms with Gasteiger partial charge in [0.2, 0.25) is 5.28 Å². The van der Waals surface area contributed by atoms with Crippen LogP contribution in [-0.4, -0.2) is 25.8 Å². The standard InChI is InChI=1S/C9H6ClN5O2/c10-9-11-2-1-6(15-9)14-8(17)5-3-13-7(16)4-12-5/h1-4H,(H,13,16)(H,11,14,15,17). The van der Waals surface area contributed by atoms with Gasteiger partial charge in [0.05, 0.1) is 6.20 Å². The zero-order valence-corrected chi connectivity index (χ0v) is 9.10. The molecule has 0 fully saturated rings. The Bertz CT molecular complexity index is 592. The molecule has 1 amide bonds. The molecule has 0 aliphatic rings. The van der Waals surface area contributed by atoms with E-state index in [9.17, 15) is 9.59 Å². The molecule has 0 aliphatic carbocycles. The zero-order chi connectivity index (χ0) is 12.3. The van der Waals surface area contributed by atoms with Gasteiger partial charge in [0.1, 0.15) is 11.5 Å². The first kappa shape index (κ1) is 11.2. The second-order valence-corrected chi connectivity index (χ2v) is 3.30. The molecule has 2 heterocycles. The summed E-state index contributed by atoms with van der Waals surface area (Å²) in [7, 11) is 0. The highest BCUT2D eigenvalue weighted by Gasteiger charge is 2.08. The number of hydrogen-bond donors (Lipinski definition) is 2. The summed E-state index contributed by atoms with van der Waals surface area (Å²) < 4.78 is 0. The van der Waals surface area contributed by atoms with E-state index in [0.29, 0.717) is 0 Å². The highest BCUT2D eigenvalue weighted by molar-refractivity contribution is 6.28. The van der Waals surface area contributed by atoms with Crippen LogP contribution in [0.1, 0.15) is 10.5 Å². The number of H-pyrrole nitrogens is 1. The van der Waals surface area contributed by atoms with Gasteiger partial charge in [-0.25, -0.2) is 15.0 Å². The Morgan fingerprint density at radius 1 is 1.41 bits per heavy atom. The minimum absolute atomic E-state index is 0.0252. The van der Waals surface area contributed by atoms with Crippen molar-refractivity contribution in [2.45, 2.75) is 0 Å². The molecule has 0 radical (unpaired) electrons. The average Bonchev–Trinajstić information content (AvgIpc) is 2.29. The second kappa shape index (κ2) is 4.71. The van der Waals surface area contributed by atoms with Crippen LogP contribution in [0.3, 0.4) is 0 Å². The van der Waals surface area contributed by atoms with E-state index in [1.54, 1.807) is 0 Å². The van der Waals surface area contributed by atoms with Crippen LogP contribution in [0, 0.1) is 0 Å². The lowest BCUT2D eigenvalue weighted by molar-refractivity contribution is 0.102. The fourth-order valence-electron chi connectivity index (χ4n) is 1.05. The predicted molar refractivity (Wildman–Crippen MR) is 59.9 cm³/mol. The van der Waals surface area contributed by atoms with Crippen LogP contribution in [0.5, 0.6) is 0 Å². The van der Waals surface area contributed by atoms with E-state index in [0.717, 1.165) is 6.20 Å². The van der Waals surface area contributed by atoms with E-state index in [-0.39, 0.29) is 22.4 Å². The van der Waals surface area contributed by atoms with Crippen LogP contribution < -0.4 is 10.9 Å². The van der Waals surface area contributed by atoms with Gasteiger partial charge in [-0.05, 0) is 17.7 Å². The number of anilines is 1. The van der Waals surface area contributed by atoms with Crippen molar-refractivity contribution in [3.8, 4) is 0 Å². The predicted octanol–water partition coefficient (Wildman–Crippen LogP) is 0.466. The lowest BCUT2D eigenvalue weighted by atomic mass is 10.4. The molecule has 0 spiro atoms. The maximum Gasteiger partial charge on any atom is 0.276 e. The van der Waals surface area contributed by atoms with Crippen LogP contribution >= 0.6 is 11.6 Å².